The van der Waals surface area contributed by atoms with E-state index in [9.17, 15) is 19.5 Å². The van der Waals surface area contributed by atoms with Crippen LogP contribution in [0.3, 0.4) is 0 Å². The SMILES string of the molecule is O=C(CSc1nc2ccccc2s1)N[C@@H]1C(=O)N2C(C(=O)O)=C(/C=C/Cc3cccnc3)CS[C@H]12. The van der Waals surface area contributed by atoms with E-state index in [0.717, 1.165) is 20.1 Å². The van der Waals surface area contributed by atoms with Crippen LogP contribution in [-0.2, 0) is 20.8 Å². The van der Waals surface area contributed by atoms with Crippen LogP contribution in [0.15, 0.2) is 76.6 Å². The molecule has 0 spiro atoms. The highest BCUT2D eigenvalue weighted by molar-refractivity contribution is 8.01. The molecule has 1 saturated heterocycles. The highest BCUT2D eigenvalue weighted by Crippen LogP contribution is 2.40. The molecule has 2 amide bonds. The Morgan fingerprint density at radius 1 is 1.26 bits per heavy atom. The first-order chi connectivity index (χ1) is 17.0. The molecule has 0 saturated carbocycles. The lowest BCUT2D eigenvalue weighted by Gasteiger charge is -2.49. The molecular formula is C24H20N4O4S3. The van der Waals surface area contributed by atoms with Gasteiger partial charge in [-0.1, -0.05) is 42.1 Å². The molecule has 2 aliphatic rings. The number of carboxylic acids is 1. The number of carboxylic acid groups (broad SMARTS) is 1. The van der Waals surface area contributed by atoms with Crippen LogP contribution < -0.4 is 5.32 Å². The Morgan fingerprint density at radius 2 is 2.11 bits per heavy atom. The molecule has 178 valence electrons. The number of aromatic nitrogens is 2. The van der Waals surface area contributed by atoms with Crippen molar-refractivity contribution >= 4 is 62.9 Å². The van der Waals surface area contributed by atoms with Gasteiger partial charge >= 0.3 is 5.97 Å². The summed E-state index contributed by atoms with van der Waals surface area (Å²) in [6.45, 7) is 0. The molecule has 1 fully saturated rings. The van der Waals surface area contributed by atoms with E-state index in [1.54, 1.807) is 18.5 Å². The fraction of sp³-hybridized carbons (Fsp3) is 0.208. The largest absolute Gasteiger partial charge is 0.477 e. The van der Waals surface area contributed by atoms with Crippen molar-refractivity contribution in [2.45, 2.75) is 22.2 Å². The quantitative estimate of drug-likeness (QED) is 0.341. The number of allylic oxidation sites excluding steroid dienone is 2. The number of hydrogen-bond donors (Lipinski definition) is 2. The predicted octanol–water partition coefficient (Wildman–Crippen LogP) is 3.32. The van der Waals surface area contributed by atoms with Crippen LogP contribution in [-0.4, -0.2) is 60.7 Å². The molecule has 8 nitrogen and oxygen atoms in total. The zero-order valence-electron chi connectivity index (χ0n) is 18.3. The molecule has 4 heterocycles. The second-order valence-corrected chi connectivity index (χ2v) is 11.2. The molecule has 35 heavy (non-hydrogen) atoms. The van der Waals surface area contributed by atoms with Crippen molar-refractivity contribution in [3.8, 4) is 0 Å². The number of nitrogens with zero attached hydrogens (tertiary/aromatic N) is 3. The normalized spacial score (nSPS) is 19.7. The standard InChI is InChI=1S/C24H20N4O4S3/c29-18(13-34-24-26-16-8-1-2-9-17(16)35-24)27-19-21(30)28-20(23(31)32)15(12-33-22(19)28)7-3-5-14-6-4-10-25-11-14/h1-4,6-11,19,22H,5,12-13H2,(H,27,29)(H,31,32)/b7-3+/t19-,22-/m1/s1. The maximum Gasteiger partial charge on any atom is 0.352 e. The number of β-lactam (4-membered cyclic amide) rings is 1. The molecule has 2 aliphatic heterocycles. The summed E-state index contributed by atoms with van der Waals surface area (Å²) < 4.78 is 1.84. The zero-order chi connectivity index (χ0) is 24.4. The number of carbonyl (C=O) groups excluding carboxylic acids is 2. The Hall–Kier alpha value is -3.15. The van der Waals surface area contributed by atoms with Gasteiger partial charge in [0.1, 0.15) is 17.1 Å². The van der Waals surface area contributed by atoms with Crippen LogP contribution in [0, 0.1) is 0 Å². The minimum atomic E-state index is -1.15. The van der Waals surface area contributed by atoms with E-state index in [1.165, 1.54) is 39.8 Å². The van der Waals surface area contributed by atoms with Gasteiger partial charge in [0.05, 0.1) is 16.0 Å². The average Bonchev–Trinajstić information content (AvgIpc) is 3.29. The van der Waals surface area contributed by atoms with Crippen molar-refractivity contribution < 1.29 is 19.5 Å². The number of hydrogen-bond acceptors (Lipinski definition) is 8. The first-order valence-corrected chi connectivity index (χ1v) is 13.6. The van der Waals surface area contributed by atoms with Gasteiger partial charge in [0.2, 0.25) is 5.91 Å². The summed E-state index contributed by atoms with van der Waals surface area (Å²) in [5.41, 5.74) is 2.46. The summed E-state index contributed by atoms with van der Waals surface area (Å²) in [6, 6.07) is 10.8. The van der Waals surface area contributed by atoms with Gasteiger partial charge in [-0.3, -0.25) is 19.5 Å². The minimum Gasteiger partial charge on any atom is -0.477 e. The van der Waals surface area contributed by atoms with Crippen molar-refractivity contribution in [2.75, 3.05) is 11.5 Å². The lowest BCUT2D eigenvalue weighted by Crippen LogP contribution is -2.70. The minimum absolute atomic E-state index is 0.0180. The molecule has 2 N–H and O–H groups in total. The van der Waals surface area contributed by atoms with Gasteiger partial charge in [-0.05, 0) is 35.8 Å². The molecule has 0 aliphatic carbocycles. The van der Waals surface area contributed by atoms with Crippen molar-refractivity contribution in [1.29, 1.82) is 0 Å². The number of thioether (sulfide) groups is 2. The number of fused-ring (bicyclic) bond motifs is 2. The molecule has 0 unspecified atom stereocenters. The third kappa shape index (κ3) is 4.97. The fourth-order valence-electron chi connectivity index (χ4n) is 3.88. The van der Waals surface area contributed by atoms with Gasteiger partial charge in [-0.15, -0.1) is 23.1 Å². The van der Waals surface area contributed by atoms with E-state index in [1.807, 2.05) is 42.5 Å². The van der Waals surface area contributed by atoms with E-state index in [2.05, 4.69) is 15.3 Å². The third-order valence-electron chi connectivity index (χ3n) is 5.51. The number of amides is 2. The van der Waals surface area contributed by atoms with Gasteiger partial charge in [0.15, 0.2) is 4.34 Å². The number of nitrogens with one attached hydrogen (secondary N) is 1. The summed E-state index contributed by atoms with van der Waals surface area (Å²) >= 11 is 4.29. The number of para-hydroxylation sites is 1. The van der Waals surface area contributed by atoms with Crippen LogP contribution >= 0.6 is 34.9 Å². The number of thiazole rings is 1. The summed E-state index contributed by atoms with van der Waals surface area (Å²) in [5, 5.41) is 12.1. The van der Waals surface area contributed by atoms with E-state index < -0.39 is 23.3 Å². The van der Waals surface area contributed by atoms with E-state index >= 15 is 0 Å². The van der Waals surface area contributed by atoms with Gasteiger partial charge in [0, 0.05) is 18.1 Å². The lowest BCUT2D eigenvalue weighted by atomic mass is 10.0. The molecule has 1 aromatic carbocycles. The summed E-state index contributed by atoms with van der Waals surface area (Å²) in [5.74, 6) is -1.27. The number of benzene rings is 1. The van der Waals surface area contributed by atoms with E-state index in [4.69, 9.17) is 0 Å². The van der Waals surface area contributed by atoms with Crippen molar-refractivity contribution in [3.05, 3.63) is 77.8 Å². The number of carbonyl (C=O) groups is 3. The number of aliphatic carboxylic acids is 1. The fourth-order valence-corrected chi connectivity index (χ4v) is 7.08. The molecule has 0 radical (unpaired) electrons. The Bertz CT molecular complexity index is 1320. The topological polar surface area (TPSA) is 112 Å². The van der Waals surface area contributed by atoms with Gasteiger partial charge in [-0.2, -0.15) is 0 Å². The molecular weight excluding hydrogens is 504 g/mol. The Balaban J connectivity index is 1.21. The second kappa shape index (κ2) is 10.2. The highest BCUT2D eigenvalue weighted by Gasteiger charge is 2.53. The van der Waals surface area contributed by atoms with Crippen LogP contribution in [0.5, 0.6) is 0 Å². The predicted molar refractivity (Wildman–Crippen MR) is 137 cm³/mol. The molecule has 2 aromatic heterocycles. The summed E-state index contributed by atoms with van der Waals surface area (Å²) in [6.07, 6.45) is 7.69. The molecule has 5 rings (SSSR count). The van der Waals surface area contributed by atoms with Crippen LogP contribution in [0.2, 0.25) is 0 Å². The Kier molecular flexibility index (Phi) is 6.89. The Morgan fingerprint density at radius 3 is 2.89 bits per heavy atom. The second-order valence-electron chi connectivity index (χ2n) is 7.84. The van der Waals surface area contributed by atoms with Crippen LogP contribution in [0.4, 0.5) is 0 Å². The number of pyridine rings is 1. The summed E-state index contributed by atoms with van der Waals surface area (Å²) in [7, 11) is 0. The van der Waals surface area contributed by atoms with E-state index in [0.29, 0.717) is 17.7 Å². The van der Waals surface area contributed by atoms with Crippen molar-refractivity contribution in [3.63, 3.8) is 0 Å². The average molecular weight is 525 g/mol. The first kappa shape index (κ1) is 23.6. The van der Waals surface area contributed by atoms with Crippen LogP contribution in [0.1, 0.15) is 5.56 Å². The monoisotopic (exact) mass is 524 g/mol. The highest BCUT2D eigenvalue weighted by atomic mass is 32.2. The van der Waals surface area contributed by atoms with Crippen LogP contribution in [0.25, 0.3) is 10.2 Å². The molecule has 2 atom stereocenters. The molecule has 11 heteroatoms. The molecule has 0 bridgehead atoms. The van der Waals surface area contributed by atoms with Gasteiger partial charge < -0.3 is 10.4 Å². The van der Waals surface area contributed by atoms with Crippen molar-refractivity contribution in [2.24, 2.45) is 0 Å². The lowest BCUT2D eigenvalue weighted by molar-refractivity contribution is -0.150. The van der Waals surface area contributed by atoms with Crippen molar-refractivity contribution in [1.82, 2.24) is 20.2 Å². The van der Waals surface area contributed by atoms with Gasteiger partial charge in [-0.25, -0.2) is 9.78 Å². The smallest absolute Gasteiger partial charge is 0.352 e. The molecule has 3 aromatic rings. The first-order valence-electron chi connectivity index (χ1n) is 10.8. The Labute approximate surface area is 213 Å². The number of rotatable bonds is 8. The maximum absolute atomic E-state index is 12.8. The van der Waals surface area contributed by atoms with E-state index in [-0.39, 0.29) is 17.4 Å². The summed E-state index contributed by atoms with van der Waals surface area (Å²) in [4.78, 5) is 47.2. The van der Waals surface area contributed by atoms with Gasteiger partial charge in [0.25, 0.3) is 5.91 Å². The maximum atomic E-state index is 12.8. The third-order valence-corrected chi connectivity index (χ3v) is 8.99. The zero-order valence-corrected chi connectivity index (χ0v) is 20.7.